The molecule has 146 valence electrons. The molecule has 1 aromatic carbocycles. The number of hydrogen-bond donors (Lipinski definition) is 2. The van der Waals surface area contributed by atoms with Crippen LogP contribution >= 0.6 is 23.4 Å². The fourth-order valence-corrected chi connectivity index (χ4v) is 3.83. The molecule has 1 aromatic heterocycles. The van der Waals surface area contributed by atoms with Gasteiger partial charge in [-0.1, -0.05) is 68.1 Å². The Hall–Kier alpha value is -1.79. The van der Waals surface area contributed by atoms with Crippen molar-refractivity contribution in [1.29, 1.82) is 0 Å². The predicted octanol–water partition coefficient (Wildman–Crippen LogP) is 6.01. The third-order valence-electron chi connectivity index (χ3n) is 4.38. The van der Waals surface area contributed by atoms with Gasteiger partial charge in [-0.15, -0.1) is 0 Å². The molecule has 1 atom stereocenters. The number of aromatic nitrogens is 2. The lowest BCUT2D eigenvalue weighted by Gasteiger charge is -2.14. The monoisotopic (exact) mass is 407 g/mol. The third kappa shape index (κ3) is 6.70. The van der Waals surface area contributed by atoms with Crippen LogP contribution in [0.15, 0.2) is 29.4 Å². The minimum absolute atomic E-state index is 0.287. The zero-order chi connectivity index (χ0) is 19.8. The summed E-state index contributed by atoms with van der Waals surface area (Å²) >= 11 is 7.30. The van der Waals surface area contributed by atoms with Gasteiger partial charge in [0, 0.05) is 11.8 Å². The van der Waals surface area contributed by atoms with Crippen LogP contribution in [-0.2, 0) is 4.79 Å². The molecule has 0 radical (unpaired) electrons. The zero-order valence-corrected chi connectivity index (χ0v) is 17.5. The fourth-order valence-electron chi connectivity index (χ4n) is 2.65. The van der Waals surface area contributed by atoms with Gasteiger partial charge in [-0.05, 0) is 37.5 Å². The molecule has 0 unspecified atom stereocenters. The molecule has 0 saturated carbocycles. The SMILES string of the molecule is CCCCCC[C@H](Sc1nc(Cl)cc(Nc2cccc(C)c2C)n1)C(=O)O. The van der Waals surface area contributed by atoms with Gasteiger partial charge in [-0.3, -0.25) is 4.79 Å². The minimum Gasteiger partial charge on any atom is -0.480 e. The van der Waals surface area contributed by atoms with Crippen molar-refractivity contribution in [3.05, 3.63) is 40.5 Å². The number of nitrogens with zero attached hydrogens (tertiary/aromatic N) is 2. The average Bonchev–Trinajstić information content (AvgIpc) is 2.61. The Morgan fingerprint density at radius 3 is 2.74 bits per heavy atom. The molecule has 5 nitrogen and oxygen atoms in total. The number of unbranched alkanes of at least 4 members (excludes halogenated alkanes) is 3. The normalized spacial score (nSPS) is 12.0. The fraction of sp³-hybridized carbons (Fsp3) is 0.450. The number of aliphatic carboxylic acids is 1. The molecule has 0 bridgehead atoms. The third-order valence-corrected chi connectivity index (χ3v) is 5.69. The van der Waals surface area contributed by atoms with Gasteiger partial charge in [0.1, 0.15) is 16.2 Å². The van der Waals surface area contributed by atoms with E-state index < -0.39 is 11.2 Å². The summed E-state index contributed by atoms with van der Waals surface area (Å²) in [6, 6.07) is 7.63. The van der Waals surface area contributed by atoms with E-state index in [1.54, 1.807) is 6.07 Å². The molecule has 0 aliphatic heterocycles. The Morgan fingerprint density at radius 2 is 2.04 bits per heavy atom. The van der Waals surface area contributed by atoms with Crippen LogP contribution in [0.25, 0.3) is 0 Å². The summed E-state index contributed by atoms with van der Waals surface area (Å²) in [5.74, 6) is -0.287. The highest BCUT2D eigenvalue weighted by atomic mass is 35.5. The van der Waals surface area contributed by atoms with Crippen molar-refractivity contribution in [2.75, 3.05) is 5.32 Å². The molecule has 0 saturated heterocycles. The molecule has 0 amide bonds. The molecular weight excluding hydrogens is 382 g/mol. The molecule has 2 aromatic rings. The molecule has 0 fully saturated rings. The van der Waals surface area contributed by atoms with E-state index in [4.69, 9.17) is 11.6 Å². The quantitative estimate of drug-likeness (QED) is 0.217. The lowest BCUT2D eigenvalue weighted by molar-refractivity contribution is -0.136. The van der Waals surface area contributed by atoms with Gasteiger partial charge in [0.2, 0.25) is 0 Å². The molecule has 2 N–H and O–H groups in total. The first-order chi connectivity index (χ1) is 12.9. The first-order valence-electron chi connectivity index (χ1n) is 9.18. The number of halogens is 1. The van der Waals surface area contributed by atoms with Crippen molar-refractivity contribution in [2.24, 2.45) is 0 Å². The zero-order valence-electron chi connectivity index (χ0n) is 16.0. The standard InChI is InChI=1S/C20H26ClN3O2S/c1-4-5-6-7-11-16(19(25)26)27-20-23-17(21)12-18(24-20)22-15-10-8-9-13(2)14(15)3/h8-10,12,16H,4-7,11H2,1-3H3,(H,25,26)(H,22,23,24)/t16-/m0/s1. The molecule has 0 spiro atoms. The van der Waals surface area contributed by atoms with Crippen LogP contribution in [0, 0.1) is 13.8 Å². The van der Waals surface area contributed by atoms with E-state index in [2.05, 4.69) is 22.2 Å². The lowest BCUT2D eigenvalue weighted by atomic mass is 10.1. The van der Waals surface area contributed by atoms with E-state index in [1.807, 2.05) is 32.0 Å². The first-order valence-corrected chi connectivity index (χ1v) is 10.4. The summed E-state index contributed by atoms with van der Waals surface area (Å²) < 4.78 is 0. The molecule has 0 aliphatic rings. The van der Waals surface area contributed by atoms with Crippen molar-refractivity contribution in [3.63, 3.8) is 0 Å². The van der Waals surface area contributed by atoms with Gasteiger partial charge in [0.15, 0.2) is 5.16 Å². The highest BCUT2D eigenvalue weighted by Crippen LogP contribution is 2.29. The van der Waals surface area contributed by atoms with Crippen LogP contribution in [0.2, 0.25) is 5.15 Å². The number of carbonyl (C=O) groups is 1. The van der Waals surface area contributed by atoms with E-state index in [9.17, 15) is 9.90 Å². The van der Waals surface area contributed by atoms with Crippen molar-refractivity contribution in [1.82, 2.24) is 9.97 Å². The van der Waals surface area contributed by atoms with Gasteiger partial charge < -0.3 is 10.4 Å². The van der Waals surface area contributed by atoms with E-state index in [0.29, 0.717) is 17.4 Å². The van der Waals surface area contributed by atoms with Gasteiger partial charge in [-0.2, -0.15) is 0 Å². The minimum atomic E-state index is -0.843. The van der Waals surface area contributed by atoms with Crippen LogP contribution in [-0.4, -0.2) is 26.3 Å². The first kappa shape index (κ1) is 21.5. The molecule has 7 heteroatoms. The number of hydrogen-bond acceptors (Lipinski definition) is 5. The summed E-state index contributed by atoms with van der Waals surface area (Å²) in [5, 5.41) is 12.9. The summed E-state index contributed by atoms with van der Waals surface area (Å²) in [7, 11) is 0. The van der Waals surface area contributed by atoms with E-state index >= 15 is 0 Å². The van der Waals surface area contributed by atoms with Crippen LogP contribution < -0.4 is 5.32 Å². The summed E-state index contributed by atoms with van der Waals surface area (Å²) in [4.78, 5) is 20.2. The number of carboxylic acid groups (broad SMARTS) is 1. The van der Waals surface area contributed by atoms with Gasteiger partial charge in [-0.25, -0.2) is 9.97 Å². The van der Waals surface area contributed by atoms with Crippen molar-refractivity contribution in [2.45, 2.75) is 63.3 Å². The number of thioether (sulfide) groups is 1. The van der Waals surface area contributed by atoms with Crippen LogP contribution in [0.5, 0.6) is 0 Å². The summed E-state index contributed by atoms with van der Waals surface area (Å²) in [5.41, 5.74) is 3.24. The van der Waals surface area contributed by atoms with Crippen LogP contribution in [0.3, 0.4) is 0 Å². The highest BCUT2D eigenvalue weighted by Gasteiger charge is 2.20. The van der Waals surface area contributed by atoms with Gasteiger partial charge in [0.05, 0.1) is 0 Å². The Labute approximate surface area is 170 Å². The Morgan fingerprint density at radius 1 is 1.26 bits per heavy atom. The van der Waals surface area contributed by atoms with Crippen molar-refractivity contribution >= 4 is 40.8 Å². The van der Waals surface area contributed by atoms with Gasteiger partial charge in [0.25, 0.3) is 0 Å². The molecular formula is C20H26ClN3O2S. The number of aryl methyl sites for hydroxylation is 1. The largest absolute Gasteiger partial charge is 0.480 e. The highest BCUT2D eigenvalue weighted by molar-refractivity contribution is 8.00. The number of anilines is 2. The smallest absolute Gasteiger partial charge is 0.317 e. The second-order valence-electron chi connectivity index (χ2n) is 6.53. The van der Waals surface area contributed by atoms with E-state index in [-0.39, 0.29) is 5.15 Å². The second kappa shape index (κ2) is 10.5. The molecule has 27 heavy (non-hydrogen) atoms. The molecule has 2 rings (SSSR count). The number of rotatable bonds is 10. The number of nitrogens with one attached hydrogen (secondary N) is 1. The summed E-state index contributed by atoms with van der Waals surface area (Å²) in [6.45, 7) is 6.21. The Bertz CT molecular complexity index is 786. The van der Waals surface area contributed by atoms with Crippen LogP contribution in [0.4, 0.5) is 11.5 Å². The topological polar surface area (TPSA) is 75.1 Å². The second-order valence-corrected chi connectivity index (χ2v) is 8.08. The van der Waals surface area contributed by atoms with E-state index in [0.717, 1.165) is 48.7 Å². The van der Waals surface area contributed by atoms with Crippen molar-refractivity contribution in [3.8, 4) is 0 Å². The Kier molecular flexibility index (Phi) is 8.38. The lowest BCUT2D eigenvalue weighted by Crippen LogP contribution is -2.17. The summed E-state index contributed by atoms with van der Waals surface area (Å²) in [6.07, 6.45) is 4.75. The van der Waals surface area contributed by atoms with Crippen LogP contribution in [0.1, 0.15) is 50.2 Å². The maximum atomic E-state index is 11.6. The maximum Gasteiger partial charge on any atom is 0.317 e. The maximum absolute atomic E-state index is 11.6. The number of benzene rings is 1. The van der Waals surface area contributed by atoms with Gasteiger partial charge >= 0.3 is 5.97 Å². The van der Waals surface area contributed by atoms with Crippen molar-refractivity contribution < 1.29 is 9.90 Å². The average molecular weight is 408 g/mol. The number of carboxylic acids is 1. The molecule has 1 heterocycles. The van der Waals surface area contributed by atoms with E-state index in [1.165, 1.54) is 5.56 Å². The molecule has 0 aliphatic carbocycles. The Balaban J connectivity index is 2.13. The predicted molar refractivity (Wildman–Crippen MR) is 112 cm³/mol.